The molecule has 0 unspecified atom stereocenters. The Morgan fingerprint density at radius 2 is 1.84 bits per heavy atom. The van der Waals surface area contributed by atoms with E-state index >= 15 is 0 Å². The molecule has 1 aliphatic rings. The van der Waals surface area contributed by atoms with Gasteiger partial charge in [0.1, 0.15) is 5.56 Å². The molecule has 7 heteroatoms. The van der Waals surface area contributed by atoms with Crippen LogP contribution in [0.4, 0.5) is 0 Å². The third-order valence-corrected chi connectivity index (χ3v) is 4.42. The number of hydrogen-bond donors (Lipinski definition) is 0. The van der Waals surface area contributed by atoms with Gasteiger partial charge in [0.2, 0.25) is 11.8 Å². The van der Waals surface area contributed by atoms with E-state index in [0.717, 1.165) is 13.1 Å². The molecule has 0 aliphatic carbocycles. The van der Waals surface area contributed by atoms with Gasteiger partial charge in [-0.25, -0.2) is 4.98 Å². The minimum absolute atomic E-state index is 0.0636. The Hall–Kier alpha value is -2.15. The molecule has 0 radical (unpaired) electrons. The predicted molar refractivity (Wildman–Crippen MR) is 95.7 cm³/mol. The van der Waals surface area contributed by atoms with Crippen molar-refractivity contribution < 1.29 is 14.3 Å². The van der Waals surface area contributed by atoms with E-state index in [1.807, 2.05) is 25.7 Å². The number of likely N-dealkylation sites (N-methyl/N-ethyl adjacent to an activating group) is 1. The number of carbonyl (C=O) groups is 2. The molecule has 1 aliphatic heterocycles. The van der Waals surface area contributed by atoms with Gasteiger partial charge in [0, 0.05) is 45.5 Å². The van der Waals surface area contributed by atoms with Crippen LogP contribution in [0, 0.1) is 0 Å². The molecule has 0 spiro atoms. The van der Waals surface area contributed by atoms with Gasteiger partial charge in [0.15, 0.2) is 0 Å². The van der Waals surface area contributed by atoms with Crippen LogP contribution in [0.3, 0.4) is 0 Å². The summed E-state index contributed by atoms with van der Waals surface area (Å²) in [4.78, 5) is 34.8. The van der Waals surface area contributed by atoms with Crippen LogP contribution >= 0.6 is 0 Å². The van der Waals surface area contributed by atoms with E-state index in [2.05, 4.69) is 9.88 Å². The molecule has 0 atom stereocenters. The van der Waals surface area contributed by atoms with Crippen molar-refractivity contribution in [3.05, 3.63) is 23.9 Å². The van der Waals surface area contributed by atoms with Crippen LogP contribution in [0.1, 0.15) is 31.1 Å². The van der Waals surface area contributed by atoms with E-state index in [1.54, 1.807) is 23.2 Å². The largest absolute Gasteiger partial charge is 0.477 e. The molecule has 1 saturated heterocycles. The Balaban J connectivity index is 1.92. The van der Waals surface area contributed by atoms with Crippen molar-refractivity contribution in [3.8, 4) is 5.88 Å². The highest BCUT2D eigenvalue weighted by Crippen LogP contribution is 2.18. The second-order valence-corrected chi connectivity index (χ2v) is 5.92. The van der Waals surface area contributed by atoms with Gasteiger partial charge in [-0.1, -0.05) is 0 Å². The van der Waals surface area contributed by atoms with Crippen LogP contribution in [0.15, 0.2) is 18.3 Å². The highest BCUT2D eigenvalue weighted by molar-refractivity contribution is 5.96. The van der Waals surface area contributed by atoms with Crippen LogP contribution in [0.2, 0.25) is 0 Å². The fraction of sp³-hybridized carbons (Fsp3) is 0.611. The minimum atomic E-state index is -0.0636. The Kier molecular flexibility index (Phi) is 7.18. The van der Waals surface area contributed by atoms with Gasteiger partial charge in [0.25, 0.3) is 5.91 Å². The number of rotatable bonds is 7. The van der Waals surface area contributed by atoms with Crippen molar-refractivity contribution in [1.82, 2.24) is 19.7 Å². The fourth-order valence-electron chi connectivity index (χ4n) is 2.95. The molecule has 7 nitrogen and oxygen atoms in total. The lowest BCUT2D eigenvalue weighted by Crippen LogP contribution is -2.51. The third-order valence-electron chi connectivity index (χ3n) is 4.42. The van der Waals surface area contributed by atoms with Crippen LogP contribution in [0.25, 0.3) is 0 Å². The molecule has 2 heterocycles. The van der Waals surface area contributed by atoms with Gasteiger partial charge >= 0.3 is 0 Å². The molecule has 1 aromatic rings. The molecule has 138 valence electrons. The topological polar surface area (TPSA) is 66.0 Å². The zero-order valence-corrected chi connectivity index (χ0v) is 15.4. The maximum atomic E-state index is 12.7. The van der Waals surface area contributed by atoms with Crippen LogP contribution in [-0.4, -0.2) is 83.9 Å². The lowest BCUT2D eigenvalue weighted by Gasteiger charge is -2.35. The first-order valence-electron chi connectivity index (χ1n) is 8.97. The summed E-state index contributed by atoms with van der Waals surface area (Å²) in [7, 11) is 0. The lowest BCUT2D eigenvalue weighted by molar-refractivity contribution is -0.132. The Labute approximate surface area is 149 Å². The Morgan fingerprint density at radius 1 is 1.16 bits per heavy atom. The number of hydrogen-bond acceptors (Lipinski definition) is 5. The minimum Gasteiger partial charge on any atom is -0.477 e. The summed E-state index contributed by atoms with van der Waals surface area (Å²) >= 11 is 0. The second kappa shape index (κ2) is 9.36. The molecular formula is C18H28N4O3. The van der Waals surface area contributed by atoms with Crippen molar-refractivity contribution in [1.29, 1.82) is 0 Å². The van der Waals surface area contributed by atoms with Gasteiger partial charge in [-0.2, -0.15) is 0 Å². The highest BCUT2D eigenvalue weighted by atomic mass is 16.5. The molecule has 1 fully saturated rings. The number of carbonyl (C=O) groups excluding carboxylic acids is 2. The van der Waals surface area contributed by atoms with E-state index < -0.39 is 0 Å². The fourth-order valence-corrected chi connectivity index (χ4v) is 2.95. The number of piperazine rings is 1. The first-order chi connectivity index (χ1) is 12.1. The van der Waals surface area contributed by atoms with Crippen LogP contribution in [0.5, 0.6) is 5.88 Å². The summed E-state index contributed by atoms with van der Waals surface area (Å²) in [6.07, 6.45) is 1.62. The van der Waals surface area contributed by atoms with Gasteiger partial charge in [-0.3, -0.25) is 14.5 Å². The summed E-state index contributed by atoms with van der Waals surface area (Å²) in [5.41, 5.74) is 0.497. The first-order valence-corrected chi connectivity index (χ1v) is 8.97. The summed E-state index contributed by atoms with van der Waals surface area (Å²) in [5, 5.41) is 0. The van der Waals surface area contributed by atoms with Crippen LogP contribution in [-0.2, 0) is 4.79 Å². The summed E-state index contributed by atoms with van der Waals surface area (Å²) in [6.45, 7) is 10.8. The molecule has 1 aromatic heterocycles. The monoisotopic (exact) mass is 348 g/mol. The molecule has 0 saturated carbocycles. The molecule has 25 heavy (non-hydrogen) atoms. The average Bonchev–Trinajstić information content (AvgIpc) is 2.63. The smallest absolute Gasteiger partial charge is 0.259 e. The van der Waals surface area contributed by atoms with Gasteiger partial charge < -0.3 is 14.5 Å². The Morgan fingerprint density at radius 3 is 2.44 bits per heavy atom. The number of amides is 2. The summed E-state index contributed by atoms with van der Waals surface area (Å²) in [6, 6.07) is 3.49. The van der Waals surface area contributed by atoms with Crippen molar-refractivity contribution in [2.24, 2.45) is 0 Å². The quantitative estimate of drug-likeness (QED) is 0.738. The molecule has 0 N–H and O–H groups in total. The zero-order chi connectivity index (χ0) is 18.2. The van der Waals surface area contributed by atoms with E-state index in [9.17, 15) is 9.59 Å². The predicted octanol–water partition coefficient (Wildman–Crippen LogP) is 1.11. The third kappa shape index (κ3) is 4.92. The molecule has 2 rings (SSSR count). The van der Waals surface area contributed by atoms with Crippen LogP contribution < -0.4 is 4.74 Å². The SMILES string of the molecule is CCOc1ncccc1C(=O)N1CCN(CC(=O)N(CC)CC)CC1. The second-order valence-electron chi connectivity index (χ2n) is 5.92. The molecule has 0 aromatic carbocycles. The zero-order valence-electron chi connectivity index (χ0n) is 15.4. The van der Waals surface area contributed by atoms with E-state index in [1.165, 1.54) is 0 Å². The van der Waals surface area contributed by atoms with E-state index in [-0.39, 0.29) is 11.8 Å². The normalized spacial score (nSPS) is 15.1. The Bertz CT molecular complexity index is 581. The number of nitrogens with zero attached hydrogens (tertiary/aromatic N) is 4. The van der Waals surface area contributed by atoms with Gasteiger partial charge in [-0.05, 0) is 32.9 Å². The average molecular weight is 348 g/mol. The first kappa shape index (κ1) is 19.2. The van der Waals surface area contributed by atoms with E-state index in [0.29, 0.717) is 50.8 Å². The lowest BCUT2D eigenvalue weighted by atomic mass is 10.2. The van der Waals surface area contributed by atoms with Gasteiger partial charge in [0.05, 0.1) is 13.2 Å². The summed E-state index contributed by atoms with van der Waals surface area (Å²) < 4.78 is 5.45. The molecular weight excluding hydrogens is 320 g/mol. The standard InChI is InChI=1S/C18H28N4O3/c1-4-21(5-2)16(23)14-20-10-12-22(13-11-20)18(24)15-8-7-9-19-17(15)25-6-3/h7-9H,4-6,10-14H2,1-3H3. The van der Waals surface area contributed by atoms with E-state index in [4.69, 9.17) is 4.74 Å². The molecule has 2 amide bonds. The maximum absolute atomic E-state index is 12.7. The maximum Gasteiger partial charge on any atom is 0.259 e. The number of ether oxygens (including phenoxy) is 1. The summed E-state index contributed by atoms with van der Waals surface area (Å²) in [5.74, 6) is 0.469. The van der Waals surface area contributed by atoms with Crippen molar-refractivity contribution >= 4 is 11.8 Å². The van der Waals surface area contributed by atoms with Crippen molar-refractivity contribution in [3.63, 3.8) is 0 Å². The molecule has 0 bridgehead atoms. The highest BCUT2D eigenvalue weighted by Gasteiger charge is 2.26. The van der Waals surface area contributed by atoms with Crippen molar-refractivity contribution in [2.75, 3.05) is 52.4 Å². The number of pyridine rings is 1. The van der Waals surface area contributed by atoms with Crippen molar-refractivity contribution in [2.45, 2.75) is 20.8 Å². The number of aromatic nitrogens is 1. The van der Waals surface area contributed by atoms with Gasteiger partial charge in [-0.15, -0.1) is 0 Å².